The van der Waals surface area contributed by atoms with Gasteiger partial charge in [0.15, 0.2) is 0 Å². The highest BCUT2D eigenvalue weighted by Gasteiger charge is 2.20. The van der Waals surface area contributed by atoms with Crippen molar-refractivity contribution in [3.63, 3.8) is 0 Å². The summed E-state index contributed by atoms with van der Waals surface area (Å²) in [6.07, 6.45) is 5.07. The third-order valence-corrected chi connectivity index (χ3v) is 7.11. The number of fused-ring (bicyclic) bond motifs is 2. The summed E-state index contributed by atoms with van der Waals surface area (Å²) in [5.41, 5.74) is 6.14. The van der Waals surface area contributed by atoms with E-state index in [-0.39, 0.29) is 30.2 Å². The number of rotatable bonds is 5. The molecule has 0 bridgehead atoms. The number of pyridine rings is 1. The molecule has 0 saturated heterocycles. The second-order valence-electron chi connectivity index (χ2n) is 10.1. The van der Waals surface area contributed by atoms with Crippen molar-refractivity contribution in [3.8, 4) is 11.1 Å². The molecule has 3 aromatic heterocycles. The van der Waals surface area contributed by atoms with E-state index in [1.54, 1.807) is 44.8 Å². The number of aromatic nitrogens is 4. The van der Waals surface area contributed by atoms with Gasteiger partial charge in [-0.25, -0.2) is 14.2 Å². The molecule has 2 amide bonds. The van der Waals surface area contributed by atoms with E-state index in [9.17, 15) is 14.0 Å². The lowest BCUT2D eigenvalue weighted by atomic mass is 10.0. The quantitative estimate of drug-likeness (QED) is 0.244. The number of hydrogen-bond donors (Lipinski definition) is 1. The number of halogens is 2. The predicted octanol–water partition coefficient (Wildman–Crippen LogP) is 6.75. The van der Waals surface area contributed by atoms with Crippen LogP contribution in [0.5, 0.6) is 0 Å². The fourth-order valence-electron chi connectivity index (χ4n) is 4.98. The van der Waals surface area contributed by atoms with Crippen molar-refractivity contribution >= 4 is 52.0 Å². The first-order valence-corrected chi connectivity index (χ1v) is 13.1. The lowest BCUT2D eigenvalue weighted by molar-refractivity contribution is 0.102. The number of carbonyl (C=O) groups excluding carboxylic acids is 2. The first-order valence-electron chi connectivity index (χ1n) is 13.1. The maximum Gasteiger partial charge on any atom is 0.328 e. The third-order valence-electron chi connectivity index (χ3n) is 7.11. The van der Waals surface area contributed by atoms with Gasteiger partial charge in [-0.1, -0.05) is 36.4 Å². The van der Waals surface area contributed by atoms with Crippen LogP contribution in [0, 0.1) is 12.7 Å². The second-order valence-corrected chi connectivity index (χ2v) is 10.1. The van der Waals surface area contributed by atoms with Gasteiger partial charge in [0.1, 0.15) is 17.2 Å². The first-order chi connectivity index (χ1) is 19.8. The Morgan fingerprint density at radius 1 is 0.929 bits per heavy atom. The van der Waals surface area contributed by atoms with E-state index in [1.807, 2.05) is 55.5 Å². The van der Waals surface area contributed by atoms with Gasteiger partial charge in [0.2, 0.25) is 0 Å². The van der Waals surface area contributed by atoms with Crippen LogP contribution in [-0.4, -0.2) is 50.0 Å². The van der Waals surface area contributed by atoms with Crippen LogP contribution in [0.4, 0.5) is 14.9 Å². The topological polar surface area (TPSA) is 85.0 Å². The molecule has 1 N–H and O–H groups in total. The molecule has 212 valence electrons. The van der Waals surface area contributed by atoms with Gasteiger partial charge < -0.3 is 14.8 Å². The number of anilines is 1. The minimum absolute atomic E-state index is 0. The summed E-state index contributed by atoms with van der Waals surface area (Å²) in [5.74, 6) is 0.249. The van der Waals surface area contributed by atoms with E-state index < -0.39 is 0 Å². The van der Waals surface area contributed by atoms with Gasteiger partial charge in [0, 0.05) is 44.1 Å². The molecular weight excluding hydrogens is 555 g/mol. The molecule has 42 heavy (non-hydrogen) atoms. The molecule has 0 aliphatic rings. The molecule has 0 aliphatic heterocycles. The summed E-state index contributed by atoms with van der Waals surface area (Å²) in [4.78, 5) is 36.6. The van der Waals surface area contributed by atoms with Crippen LogP contribution in [0.1, 0.15) is 21.7 Å². The molecule has 0 fully saturated rings. The zero-order valence-electron chi connectivity index (χ0n) is 23.2. The van der Waals surface area contributed by atoms with Crippen LogP contribution in [0.2, 0.25) is 0 Å². The minimum Gasteiger partial charge on any atom is -0.330 e. The Morgan fingerprint density at radius 3 is 2.36 bits per heavy atom. The molecule has 0 radical (unpaired) electrons. The summed E-state index contributed by atoms with van der Waals surface area (Å²) in [6.45, 7) is 2.60. The maximum absolute atomic E-state index is 13.5. The first kappa shape index (κ1) is 28.5. The summed E-state index contributed by atoms with van der Waals surface area (Å²) < 4.78 is 17.1. The van der Waals surface area contributed by atoms with Crippen LogP contribution in [-0.2, 0) is 6.54 Å². The van der Waals surface area contributed by atoms with Crippen molar-refractivity contribution in [3.05, 3.63) is 114 Å². The number of nitrogens with one attached hydrogen (secondary N) is 1. The molecule has 6 rings (SSSR count). The number of benzene rings is 3. The fraction of sp³-hybridized carbons (Fsp3) is 0.125. The Kier molecular flexibility index (Phi) is 7.78. The van der Waals surface area contributed by atoms with Crippen LogP contribution < -0.4 is 5.32 Å². The maximum atomic E-state index is 13.5. The summed E-state index contributed by atoms with van der Waals surface area (Å²) in [7, 11) is 3.31. The Morgan fingerprint density at radius 2 is 1.64 bits per heavy atom. The Hall–Kier alpha value is -5.02. The molecule has 3 heterocycles. The van der Waals surface area contributed by atoms with E-state index in [1.165, 1.54) is 21.6 Å². The summed E-state index contributed by atoms with van der Waals surface area (Å²) in [6, 6.07) is 21.0. The standard InChI is InChI=1S/C32H27FN6O2.ClH/c1-20-35-28-17-34-15-14-29(28)38(20)18-21-4-11-25(12-5-21)36-31(40)27-19-39(32(41)37(2)3)30-16-23(8-13-26(27)30)22-6-9-24(33)10-7-22;/h4-17,19H,18H2,1-3H3,(H,36,40);1H. The number of amides is 2. The predicted molar refractivity (Wildman–Crippen MR) is 165 cm³/mol. The molecule has 3 aromatic carbocycles. The third kappa shape index (κ3) is 5.34. The zero-order chi connectivity index (χ0) is 28.7. The van der Waals surface area contributed by atoms with Crippen LogP contribution >= 0.6 is 12.4 Å². The number of hydrogen-bond acceptors (Lipinski definition) is 4. The van der Waals surface area contributed by atoms with Gasteiger partial charge in [0.25, 0.3) is 5.91 Å². The van der Waals surface area contributed by atoms with E-state index in [0.29, 0.717) is 28.7 Å². The van der Waals surface area contributed by atoms with Gasteiger partial charge in [-0.05, 0) is 60.0 Å². The van der Waals surface area contributed by atoms with Crippen molar-refractivity contribution in [2.24, 2.45) is 0 Å². The highest BCUT2D eigenvalue weighted by Crippen LogP contribution is 2.29. The highest BCUT2D eigenvalue weighted by atomic mass is 35.5. The molecule has 0 unspecified atom stereocenters. The van der Waals surface area contributed by atoms with Gasteiger partial charge in [-0.15, -0.1) is 12.4 Å². The molecule has 8 nitrogen and oxygen atoms in total. The highest BCUT2D eigenvalue weighted by molar-refractivity contribution is 6.14. The monoisotopic (exact) mass is 582 g/mol. The van der Waals surface area contributed by atoms with Gasteiger partial charge in [-0.3, -0.25) is 14.3 Å². The zero-order valence-corrected chi connectivity index (χ0v) is 24.0. The fourth-order valence-corrected chi connectivity index (χ4v) is 4.98. The largest absolute Gasteiger partial charge is 0.330 e. The lowest BCUT2D eigenvalue weighted by Crippen LogP contribution is -2.26. The minimum atomic E-state index is -0.327. The molecule has 0 aliphatic carbocycles. The molecular formula is C32H28ClFN6O2. The van der Waals surface area contributed by atoms with Gasteiger partial charge >= 0.3 is 6.03 Å². The normalized spacial score (nSPS) is 11.0. The van der Waals surface area contributed by atoms with Crippen molar-refractivity contribution in [1.82, 2.24) is 24.0 Å². The van der Waals surface area contributed by atoms with Gasteiger partial charge in [0.05, 0.1) is 22.8 Å². The number of carbonyl (C=O) groups is 2. The van der Waals surface area contributed by atoms with E-state index in [2.05, 4.69) is 19.9 Å². The van der Waals surface area contributed by atoms with Crippen molar-refractivity contribution < 1.29 is 14.0 Å². The average molecular weight is 583 g/mol. The summed E-state index contributed by atoms with van der Waals surface area (Å²) >= 11 is 0. The number of aryl methyl sites for hydroxylation is 1. The second kappa shape index (κ2) is 11.5. The van der Waals surface area contributed by atoms with Gasteiger partial charge in [-0.2, -0.15) is 0 Å². The molecule has 0 spiro atoms. The Labute approximate surface area is 247 Å². The van der Waals surface area contributed by atoms with Crippen molar-refractivity contribution in [1.29, 1.82) is 0 Å². The SMILES string of the molecule is Cc1nc2cnccc2n1Cc1ccc(NC(=O)c2cn(C(=O)N(C)C)c3cc(-c4ccc(F)cc4)ccc23)cc1.Cl. The van der Waals surface area contributed by atoms with Crippen molar-refractivity contribution in [2.45, 2.75) is 13.5 Å². The smallest absolute Gasteiger partial charge is 0.328 e. The number of imidazole rings is 1. The number of nitrogens with zero attached hydrogens (tertiary/aromatic N) is 5. The van der Waals surface area contributed by atoms with E-state index in [0.717, 1.165) is 33.5 Å². The Bertz CT molecular complexity index is 1930. The van der Waals surface area contributed by atoms with Crippen LogP contribution in [0.3, 0.4) is 0 Å². The average Bonchev–Trinajstić information content (AvgIpc) is 3.51. The molecule has 0 saturated carbocycles. The van der Waals surface area contributed by atoms with Crippen LogP contribution in [0.25, 0.3) is 33.1 Å². The molecule has 0 atom stereocenters. The van der Waals surface area contributed by atoms with Crippen LogP contribution in [0.15, 0.2) is 91.4 Å². The molecule has 10 heteroatoms. The Balaban J connectivity index is 0.00000353. The molecule has 6 aromatic rings. The van der Waals surface area contributed by atoms with Crippen molar-refractivity contribution in [2.75, 3.05) is 19.4 Å². The summed E-state index contributed by atoms with van der Waals surface area (Å²) in [5, 5.41) is 3.60. The lowest BCUT2D eigenvalue weighted by Gasteiger charge is -2.12. The van der Waals surface area contributed by atoms with E-state index >= 15 is 0 Å². The van der Waals surface area contributed by atoms with E-state index in [4.69, 9.17) is 0 Å².